The number of hydrogen-bond donors (Lipinski definition) is 2. The number of benzene rings is 2. The van der Waals surface area contributed by atoms with Crippen LogP contribution in [0.25, 0.3) is 0 Å². The molecule has 2 aromatic rings. The maximum atomic E-state index is 14.2. The van der Waals surface area contributed by atoms with Crippen LogP contribution in [0.4, 0.5) is 10.1 Å². The van der Waals surface area contributed by atoms with Crippen LogP contribution in [0.3, 0.4) is 0 Å². The highest BCUT2D eigenvalue weighted by atomic mass is 19.1. The Balaban J connectivity index is 1.75. The molecule has 116 valence electrons. The quantitative estimate of drug-likeness (QED) is 0.811. The van der Waals surface area contributed by atoms with Crippen molar-refractivity contribution in [2.75, 3.05) is 5.32 Å². The molecule has 2 aromatic carbocycles. The van der Waals surface area contributed by atoms with Crippen molar-refractivity contribution >= 4 is 11.7 Å². The maximum Gasteiger partial charge on any atom is 0.335 e. The average molecular weight is 309 g/mol. The van der Waals surface area contributed by atoms with Gasteiger partial charge in [0.1, 0.15) is 5.82 Å². The number of anilines is 1. The van der Waals surface area contributed by atoms with Crippen molar-refractivity contribution in [1.82, 2.24) is 0 Å². The van der Waals surface area contributed by atoms with Gasteiger partial charge in [-0.2, -0.15) is 0 Å². The van der Waals surface area contributed by atoms with E-state index in [0.29, 0.717) is 11.6 Å². The highest BCUT2D eigenvalue weighted by Crippen LogP contribution is 2.50. The zero-order valence-corrected chi connectivity index (χ0v) is 12.4. The predicted molar refractivity (Wildman–Crippen MR) is 86.2 cm³/mol. The molecule has 3 nitrogen and oxygen atoms in total. The van der Waals surface area contributed by atoms with Crippen molar-refractivity contribution in [3.8, 4) is 0 Å². The molecular weight excluding hydrogens is 293 g/mol. The Morgan fingerprint density at radius 2 is 1.96 bits per heavy atom. The van der Waals surface area contributed by atoms with Crippen molar-refractivity contribution < 1.29 is 14.3 Å². The van der Waals surface area contributed by atoms with Crippen molar-refractivity contribution in [3.63, 3.8) is 0 Å². The molecule has 23 heavy (non-hydrogen) atoms. The van der Waals surface area contributed by atoms with E-state index in [1.54, 1.807) is 18.2 Å². The molecule has 0 saturated heterocycles. The van der Waals surface area contributed by atoms with Gasteiger partial charge in [-0.1, -0.05) is 36.4 Å². The van der Waals surface area contributed by atoms with Crippen molar-refractivity contribution in [2.45, 2.75) is 18.4 Å². The third-order valence-electron chi connectivity index (χ3n) is 4.86. The standard InChI is InChI=1S/C19H16FNO2/c20-16-6-2-5-15-13-3-1-4-14(13)17(21-18(15)16)11-7-9-12(10-8-11)19(22)23/h1-3,5-10,13-14,17,21H,4H2,(H,22,23)/t13-,14+,17-/m1/s1. The summed E-state index contributed by atoms with van der Waals surface area (Å²) in [5.41, 5.74) is 2.81. The van der Waals surface area contributed by atoms with Gasteiger partial charge in [0.15, 0.2) is 0 Å². The molecule has 0 amide bonds. The van der Waals surface area contributed by atoms with Crippen LogP contribution >= 0.6 is 0 Å². The molecule has 0 fully saturated rings. The van der Waals surface area contributed by atoms with Gasteiger partial charge in [0.2, 0.25) is 0 Å². The van der Waals surface area contributed by atoms with Crippen molar-refractivity contribution in [1.29, 1.82) is 0 Å². The summed E-state index contributed by atoms with van der Waals surface area (Å²) in [6.07, 6.45) is 5.23. The average Bonchev–Trinajstić information content (AvgIpc) is 3.04. The first-order valence-electron chi connectivity index (χ1n) is 7.70. The van der Waals surface area contributed by atoms with E-state index in [2.05, 4.69) is 17.5 Å². The normalized spacial score (nSPS) is 24.7. The number of carboxylic acid groups (broad SMARTS) is 1. The van der Waals surface area contributed by atoms with Gasteiger partial charge in [-0.15, -0.1) is 0 Å². The van der Waals surface area contributed by atoms with Gasteiger partial charge >= 0.3 is 5.97 Å². The van der Waals surface area contributed by atoms with Gasteiger partial charge in [-0.25, -0.2) is 9.18 Å². The molecule has 0 spiro atoms. The second kappa shape index (κ2) is 5.23. The largest absolute Gasteiger partial charge is 0.478 e. The number of halogens is 1. The lowest BCUT2D eigenvalue weighted by Crippen LogP contribution is -2.29. The topological polar surface area (TPSA) is 49.3 Å². The molecule has 2 N–H and O–H groups in total. The van der Waals surface area contributed by atoms with E-state index in [1.807, 2.05) is 18.2 Å². The number of carboxylic acids is 1. The Kier molecular flexibility index (Phi) is 3.18. The van der Waals surface area contributed by atoms with Gasteiger partial charge < -0.3 is 10.4 Å². The number of fused-ring (bicyclic) bond motifs is 3. The van der Waals surface area contributed by atoms with Crippen molar-refractivity contribution in [2.24, 2.45) is 5.92 Å². The van der Waals surface area contributed by atoms with E-state index in [9.17, 15) is 9.18 Å². The lowest BCUT2D eigenvalue weighted by Gasteiger charge is -2.37. The first-order chi connectivity index (χ1) is 11.1. The van der Waals surface area contributed by atoms with Crippen LogP contribution in [0.5, 0.6) is 0 Å². The van der Waals surface area contributed by atoms with E-state index in [1.165, 1.54) is 6.07 Å². The number of aromatic carboxylic acids is 1. The third-order valence-corrected chi connectivity index (χ3v) is 4.86. The highest BCUT2D eigenvalue weighted by molar-refractivity contribution is 5.87. The minimum Gasteiger partial charge on any atom is -0.478 e. The Labute approximate surface area is 133 Å². The first kappa shape index (κ1) is 14.0. The zero-order chi connectivity index (χ0) is 16.0. The number of carbonyl (C=O) groups is 1. The van der Waals surface area contributed by atoms with Crippen LogP contribution in [0.2, 0.25) is 0 Å². The number of allylic oxidation sites excluding steroid dienone is 2. The number of hydrogen-bond acceptors (Lipinski definition) is 2. The molecule has 0 unspecified atom stereocenters. The molecular formula is C19H16FNO2. The molecule has 1 aliphatic heterocycles. The molecule has 1 heterocycles. The van der Waals surface area contributed by atoms with Crippen LogP contribution < -0.4 is 5.32 Å². The van der Waals surface area contributed by atoms with E-state index in [4.69, 9.17) is 5.11 Å². The molecule has 0 saturated carbocycles. The van der Waals surface area contributed by atoms with Gasteiger partial charge in [0.25, 0.3) is 0 Å². The van der Waals surface area contributed by atoms with E-state index < -0.39 is 5.97 Å². The summed E-state index contributed by atoms with van der Waals surface area (Å²) in [4.78, 5) is 11.0. The summed E-state index contributed by atoms with van der Waals surface area (Å²) in [7, 11) is 0. The Morgan fingerprint density at radius 1 is 1.17 bits per heavy atom. The molecule has 1 aliphatic carbocycles. The molecule has 3 atom stereocenters. The number of rotatable bonds is 2. The van der Waals surface area contributed by atoms with Gasteiger partial charge in [-0.05, 0) is 41.7 Å². The Bertz CT molecular complexity index is 798. The molecule has 0 bridgehead atoms. The smallest absolute Gasteiger partial charge is 0.335 e. The highest BCUT2D eigenvalue weighted by Gasteiger charge is 2.38. The summed E-state index contributed by atoms with van der Waals surface area (Å²) in [5.74, 6) is -0.663. The molecule has 2 aliphatic rings. The minimum absolute atomic E-state index is 0.0257. The van der Waals surface area contributed by atoms with Crippen LogP contribution in [0.1, 0.15) is 39.9 Å². The second-order valence-electron chi connectivity index (χ2n) is 6.11. The fourth-order valence-corrected chi connectivity index (χ4v) is 3.75. The van der Waals surface area contributed by atoms with E-state index in [-0.39, 0.29) is 23.3 Å². The number of para-hydroxylation sites is 1. The molecule has 0 radical (unpaired) electrons. The summed E-state index contributed by atoms with van der Waals surface area (Å²) in [5, 5.41) is 12.4. The predicted octanol–water partition coefficient (Wildman–Crippen LogP) is 4.35. The monoisotopic (exact) mass is 309 g/mol. The first-order valence-corrected chi connectivity index (χ1v) is 7.70. The molecule has 0 aromatic heterocycles. The Hall–Kier alpha value is -2.62. The summed E-state index contributed by atoms with van der Waals surface area (Å²) >= 11 is 0. The second-order valence-corrected chi connectivity index (χ2v) is 6.11. The summed E-state index contributed by atoms with van der Waals surface area (Å²) < 4.78 is 14.2. The van der Waals surface area contributed by atoms with E-state index >= 15 is 0 Å². The van der Waals surface area contributed by atoms with Gasteiger partial charge in [0.05, 0.1) is 17.3 Å². The van der Waals surface area contributed by atoms with Crippen LogP contribution in [0, 0.1) is 11.7 Å². The fourth-order valence-electron chi connectivity index (χ4n) is 3.75. The number of nitrogens with one attached hydrogen (secondary N) is 1. The molecule has 4 rings (SSSR count). The Morgan fingerprint density at radius 3 is 2.70 bits per heavy atom. The van der Waals surface area contributed by atoms with Crippen LogP contribution in [0.15, 0.2) is 54.6 Å². The zero-order valence-electron chi connectivity index (χ0n) is 12.4. The SMILES string of the molecule is O=C(O)c1ccc([C@H]2Nc3c(F)cccc3[C@@H]3C=CC[C@H]23)cc1. The summed E-state index contributed by atoms with van der Waals surface area (Å²) in [6.45, 7) is 0. The van der Waals surface area contributed by atoms with E-state index in [0.717, 1.165) is 17.5 Å². The fraction of sp³-hybridized carbons (Fsp3) is 0.211. The molecule has 4 heteroatoms. The lowest BCUT2D eigenvalue weighted by atomic mass is 9.77. The van der Waals surface area contributed by atoms with Crippen LogP contribution in [-0.2, 0) is 0 Å². The third kappa shape index (κ3) is 2.22. The van der Waals surface area contributed by atoms with Gasteiger partial charge in [-0.3, -0.25) is 0 Å². The summed E-state index contributed by atoms with van der Waals surface area (Å²) in [6, 6.07) is 12.0. The lowest BCUT2D eigenvalue weighted by molar-refractivity contribution is 0.0697. The van der Waals surface area contributed by atoms with Crippen LogP contribution in [-0.4, -0.2) is 11.1 Å². The van der Waals surface area contributed by atoms with Gasteiger partial charge in [0, 0.05) is 5.92 Å². The maximum absolute atomic E-state index is 14.2. The van der Waals surface area contributed by atoms with Crippen molar-refractivity contribution in [3.05, 3.63) is 77.1 Å². The minimum atomic E-state index is -0.940.